The average Bonchev–Trinajstić information content (AvgIpc) is 3.32. The summed E-state index contributed by atoms with van der Waals surface area (Å²) in [6.07, 6.45) is 2.28. The highest BCUT2D eigenvalue weighted by molar-refractivity contribution is 6.31. The van der Waals surface area contributed by atoms with E-state index >= 15 is 0 Å². The third kappa shape index (κ3) is 5.80. The maximum atomic E-state index is 12.4. The lowest BCUT2D eigenvalue weighted by Crippen LogP contribution is -2.23. The second-order valence-corrected chi connectivity index (χ2v) is 8.63. The second kappa shape index (κ2) is 10.2. The van der Waals surface area contributed by atoms with E-state index < -0.39 is 5.97 Å². The first-order chi connectivity index (χ1) is 15.9. The van der Waals surface area contributed by atoms with Crippen molar-refractivity contribution in [1.29, 1.82) is 0 Å². The third-order valence-electron chi connectivity index (χ3n) is 5.40. The van der Waals surface area contributed by atoms with Gasteiger partial charge in [0.05, 0.1) is 6.42 Å². The molecule has 0 aliphatic carbocycles. The van der Waals surface area contributed by atoms with Gasteiger partial charge in [-0.25, -0.2) is 9.97 Å². The average molecular weight is 485 g/mol. The summed E-state index contributed by atoms with van der Waals surface area (Å²) < 4.78 is 0. The molecule has 2 aromatic carbocycles. The fourth-order valence-corrected chi connectivity index (χ4v) is 4.13. The number of carboxylic acid groups (broad SMARTS) is 1. The summed E-state index contributed by atoms with van der Waals surface area (Å²) in [4.78, 5) is 34.8. The molecule has 7 nitrogen and oxygen atoms in total. The molecule has 2 N–H and O–H groups in total. The fraction of sp³-hybridized carbons (Fsp3) is 0.250. The lowest BCUT2D eigenvalue weighted by Gasteiger charge is -2.21. The Kier molecular flexibility index (Phi) is 7.11. The van der Waals surface area contributed by atoms with E-state index in [0.29, 0.717) is 39.9 Å². The predicted octanol–water partition coefficient (Wildman–Crippen LogP) is 4.85. The Hall–Kier alpha value is -3.16. The van der Waals surface area contributed by atoms with Crippen molar-refractivity contribution in [2.45, 2.75) is 25.7 Å². The van der Waals surface area contributed by atoms with Gasteiger partial charge in [-0.3, -0.25) is 9.59 Å². The molecule has 1 saturated heterocycles. The second-order valence-electron chi connectivity index (χ2n) is 7.83. The first kappa shape index (κ1) is 23.0. The Morgan fingerprint density at radius 2 is 1.64 bits per heavy atom. The van der Waals surface area contributed by atoms with Crippen molar-refractivity contribution in [2.75, 3.05) is 23.3 Å². The topological polar surface area (TPSA) is 95.4 Å². The molecule has 9 heteroatoms. The number of amides is 1. The molecule has 0 radical (unpaired) electrons. The van der Waals surface area contributed by atoms with E-state index in [0.717, 1.165) is 31.5 Å². The van der Waals surface area contributed by atoms with Gasteiger partial charge in [0.2, 0.25) is 0 Å². The van der Waals surface area contributed by atoms with Crippen LogP contribution in [0.5, 0.6) is 0 Å². The van der Waals surface area contributed by atoms with Crippen LogP contribution in [-0.4, -0.2) is 40.0 Å². The minimum Gasteiger partial charge on any atom is -0.481 e. The number of carboxylic acids is 1. The molecule has 0 spiro atoms. The molecular weight excluding hydrogens is 463 g/mol. The highest BCUT2D eigenvalue weighted by atomic mass is 35.5. The predicted molar refractivity (Wildman–Crippen MR) is 128 cm³/mol. The zero-order valence-electron chi connectivity index (χ0n) is 17.7. The first-order valence-corrected chi connectivity index (χ1v) is 11.3. The van der Waals surface area contributed by atoms with Gasteiger partial charge in [-0.1, -0.05) is 35.3 Å². The van der Waals surface area contributed by atoms with Crippen LogP contribution in [0.1, 0.15) is 40.2 Å². The summed E-state index contributed by atoms with van der Waals surface area (Å²) in [6.45, 7) is 1.64. The number of halogens is 2. The lowest BCUT2D eigenvalue weighted by molar-refractivity contribution is -0.136. The molecule has 4 rings (SSSR count). The Bertz CT molecular complexity index is 1160. The number of nitrogens with one attached hydrogen (secondary N) is 1. The van der Waals surface area contributed by atoms with E-state index in [2.05, 4.69) is 20.2 Å². The lowest BCUT2D eigenvalue weighted by atomic mass is 10.1. The Labute approximate surface area is 201 Å². The van der Waals surface area contributed by atoms with E-state index in [1.54, 1.807) is 24.3 Å². The van der Waals surface area contributed by atoms with Crippen LogP contribution >= 0.6 is 23.2 Å². The van der Waals surface area contributed by atoms with Crippen LogP contribution in [-0.2, 0) is 17.6 Å². The summed E-state index contributed by atoms with van der Waals surface area (Å²) in [5, 5.41) is 12.9. The van der Waals surface area contributed by atoms with Crippen molar-refractivity contribution >= 4 is 46.6 Å². The van der Waals surface area contributed by atoms with Crippen LogP contribution in [0, 0.1) is 0 Å². The molecule has 2 heterocycles. The SMILES string of the molecule is O=C(O)Cc1c(Cl)nc(Cc2ccc(NC(=O)c3ccc(Cl)cc3)cc2)nc1N1CCCC1. The minimum atomic E-state index is -0.968. The molecule has 1 amide bonds. The maximum absolute atomic E-state index is 12.4. The largest absolute Gasteiger partial charge is 0.481 e. The van der Waals surface area contributed by atoms with E-state index in [1.807, 2.05) is 24.3 Å². The van der Waals surface area contributed by atoms with Gasteiger partial charge in [0, 0.05) is 41.3 Å². The van der Waals surface area contributed by atoms with E-state index in [-0.39, 0.29) is 17.5 Å². The number of carbonyl (C=O) groups excluding carboxylic acids is 1. The molecule has 0 bridgehead atoms. The molecule has 1 aliphatic rings. The van der Waals surface area contributed by atoms with Crippen molar-refractivity contribution in [1.82, 2.24) is 9.97 Å². The number of anilines is 2. The van der Waals surface area contributed by atoms with Gasteiger partial charge >= 0.3 is 5.97 Å². The minimum absolute atomic E-state index is 0.177. The Morgan fingerprint density at radius 3 is 2.27 bits per heavy atom. The quantitative estimate of drug-likeness (QED) is 0.465. The molecule has 3 aromatic rings. The highest BCUT2D eigenvalue weighted by Crippen LogP contribution is 2.28. The molecule has 0 saturated carbocycles. The number of rotatable bonds is 7. The number of benzene rings is 2. The van der Waals surface area contributed by atoms with E-state index in [4.69, 9.17) is 23.2 Å². The summed E-state index contributed by atoms with van der Waals surface area (Å²) in [6, 6.07) is 14.1. The number of nitrogens with zero attached hydrogens (tertiary/aromatic N) is 3. The number of aromatic nitrogens is 2. The summed E-state index contributed by atoms with van der Waals surface area (Å²) in [5.74, 6) is -0.0607. The van der Waals surface area contributed by atoms with Gasteiger partial charge in [-0.2, -0.15) is 0 Å². The molecule has 33 heavy (non-hydrogen) atoms. The van der Waals surface area contributed by atoms with Crippen molar-refractivity contribution in [3.8, 4) is 0 Å². The summed E-state index contributed by atoms with van der Waals surface area (Å²) >= 11 is 12.2. The van der Waals surface area contributed by atoms with Gasteiger partial charge in [0.1, 0.15) is 16.8 Å². The van der Waals surface area contributed by atoms with Crippen molar-refractivity contribution < 1.29 is 14.7 Å². The normalized spacial score (nSPS) is 13.2. The van der Waals surface area contributed by atoms with Crippen LogP contribution in [0.4, 0.5) is 11.5 Å². The van der Waals surface area contributed by atoms with Crippen LogP contribution in [0.2, 0.25) is 10.2 Å². The van der Waals surface area contributed by atoms with E-state index in [1.165, 1.54) is 0 Å². The van der Waals surface area contributed by atoms with E-state index in [9.17, 15) is 14.7 Å². The van der Waals surface area contributed by atoms with Crippen molar-refractivity contribution in [3.05, 3.63) is 81.2 Å². The number of hydrogen-bond donors (Lipinski definition) is 2. The summed E-state index contributed by atoms with van der Waals surface area (Å²) in [7, 11) is 0. The third-order valence-corrected chi connectivity index (χ3v) is 5.96. The maximum Gasteiger partial charge on any atom is 0.308 e. The van der Waals surface area contributed by atoms with Crippen molar-refractivity contribution in [2.24, 2.45) is 0 Å². The summed E-state index contributed by atoms with van der Waals surface area (Å²) in [5.41, 5.74) is 2.57. The first-order valence-electron chi connectivity index (χ1n) is 10.6. The zero-order chi connectivity index (χ0) is 23.4. The van der Waals surface area contributed by atoms with Crippen LogP contribution in [0.15, 0.2) is 48.5 Å². The van der Waals surface area contributed by atoms with Crippen LogP contribution in [0.3, 0.4) is 0 Å². The van der Waals surface area contributed by atoms with Gasteiger partial charge in [0.25, 0.3) is 5.91 Å². The Morgan fingerprint density at radius 1 is 0.970 bits per heavy atom. The molecule has 170 valence electrons. The number of hydrogen-bond acceptors (Lipinski definition) is 5. The molecule has 0 atom stereocenters. The molecule has 1 aliphatic heterocycles. The monoisotopic (exact) mass is 484 g/mol. The van der Waals surface area contributed by atoms with Gasteiger partial charge in [0.15, 0.2) is 0 Å². The fourth-order valence-electron chi connectivity index (χ4n) is 3.75. The number of aliphatic carboxylic acids is 1. The standard InChI is InChI=1S/C24H22Cl2N4O3/c25-17-7-5-16(6-8-17)24(33)27-18-9-3-15(4-10-18)13-20-28-22(26)19(14-21(31)32)23(29-20)30-11-1-2-12-30/h3-10H,1-2,11-14H2,(H,27,33)(H,31,32). The molecule has 1 aromatic heterocycles. The van der Waals surface area contributed by atoms with Gasteiger partial charge in [-0.15, -0.1) is 0 Å². The number of carbonyl (C=O) groups is 2. The van der Waals surface area contributed by atoms with Crippen molar-refractivity contribution in [3.63, 3.8) is 0 Å². The zero-order valence-corrected chi connectivity index (χ0v) is 19.2. The van der Waals surface area contributed by atoms with Crippen LogP contribution in [0.25, 0.3) is 0 Å². The highest BCUT2D eigenvalue weighted by Gasteiger charge is 2.23. The van der Waals surface area contributed by atoms with Gasteiger partial charge < -0.3 is 15.3 Å². The Balaban J connectivity index is 1.49. The molecular formula is C24H22Cl2N4O3. The smallest absolute Gasteiger partial charge is 0.308 e. The van der Waals surface area contributed by atoms with Crippen LogP contribution < -0.4 is 10.2 Å². The van der Waals surface area contributed by atoms with Gasteiger partial charge in [-0.05, 0) is 54.8 Å². The molecule has 0 unspecified atom stereocenters. The molecule has 1 fully saturated rings.